The number of aliphatic carboxylic acids is 1. The number of urea groups is 1. The summed E-state index contributed by atoms with van der Waals surface area (Å²) in [4.78, 5) is 22.4. The quantitative estimate of drug-likeness (QED) is 0.591. The second-order valence-electron chi connectivity index (χ2n) is 4.90. The van der Waals surface area contributed by atoms with E-state index in [1.165, 1.54) is 0 Å². The van der Waals surface area contributed by atoms with Gasteiger partial charge < -0.3 is 20.5 Å². The first-order chi connectivity index (χ1) is 9.52. The molecule has 7 heteroatoms. The van der Waals surface area contributed by atoms with Crippen molar-refractivity contribution in [1.29, 1.82) is 0 Å². The number of carbonyl (C=O) groups is 2. The van der Waals surface area contributed by atoms with Crippen molar-refractivity contribution >= 4 is 23.8 Å². The van der Waals surface area contributed by atoms with Gasteiger partial charge in [0.25, 0.3) is 0 Å². The Morgan fingerprint density at radius 3 is 2.80 bits per heavy atom. The van der Waals surface area contributed by atoms with Crippen molar-refractivity contribution in [2.45, 2.75) is 51.4 Å². The van der Waals surface area contributed by atoms with Gasteiger partial charge in [-0.15, -0.1) is 0 Å². The van der Waals surface area contributed by atoms with Crippen LogP contribution in [0.15, 0.2) is 0 Å². The molecule has 20 heavy (non-hydrogen) atoms. The average molecular weight is 304 g/mol. The van der Waals surface area contributed by atoms with Crippen LogP contribution in [0.4, 0.5) is 4.79 Å². The van der Waals surface area contributed by atoms with E-state index in [0.717, 1.165) is 17.9 Å². The molecule has 3 atom stereocenters. The molecule has 1 aliphatic heterocycles. The Morgan fingerprint density at radius 2 is 2.20 bits per heavy atom. The third-order valence-corrected chi connectivity index (χ3v) is 4.08. The zero-order chi connectivity index (χ0) is 15.0. The minimum Gasteiger partial charge on any atom is -0.479 e. The average Bonchev–Trinajstić information content (AvgIpc) is 2.85. The van der Waals surface area contributed by atoms with Crippen LogP contribution in [0.1, 0.15) is 33.1 Å². The van der Waals surface area contributed by atoms with E-state index in [0.29, 0.717) is 19.4 Å². The molecule has 0 radical (unpaired) electrons. The smallest absolute Gasteiger partial charge is 0.332 e. The van der Waals surface area contributed by atoms with Crippen molar-refractivity contribution in [2.24, 2.45) is 0 Å². The minimum absolute atomic E-state index is 0.130. The van der Waals surface area contributed by atoms with E-state index >= 15 is 0 Å². The highest BCUT2D eigenvalue weighted by Gasteiger charge is 2.30. The highest BCUT2D eigenvalue weighted by molar-refractivity contribution is 7.99. The number of rotatable bonds is 8. The highest BCUT2D eigenvalue weighted by Crippen LogP contribution is 2.19. The number of carboxylic acid groups (broad SMARTS) is 1. The Hall–Kier alpha value is -0.950. The monoisotopic (exact) mass is 304 g/mol. The van der Waals surface area contributed by atoms with Crippen molar-refractivity contribution in [2.75, 3.05) is 18.1 Å². The lowest BCUT2D eigenvalue weighted by Crippen LogP contribution is -2.43. The van der Waals surface area contributed by atoms with Gasteiger partial charge in [-0.3, -0.25) is 0 Å². The van der Waals surface area contributed by atoms with Crippen LogP contribution in [0.3, 0.4) is 0 Å². The summed E-state index contributed by atoms with van der Waals surface area (Å²) in [6, 6.07) is -0.0910. The van der Waals surface area contributed by atoms with Crippen molar-refractivity contribution in [3.63, 3.8) is 0 Å². The lowest BCUT2D eigenvalue weighted by atomic mass is 10.2. The number of amides is 2. The Balaban J connectivity index is 2.12. The fraction of sp³-hybridized carbons (Fsp3) is 0.846. The molecule has 1 saturated heterocycles. The molecule has 3 N–H and O–H groups in total. The predicted octanol–water partition coefficient (Wildman–Crippen LogP) is 1.45. The van der Waals surface area contributed by atoms with Gasteiger partial charge in [-0.25, -0.2) is 9.59 Å². The summed E-state index contributed by atoms with van der Waals surface area (Å²) in [5.74, 6) is 1.19. The molecular formula is C13H24N2O4S. The molecule has 1 heterocycles. The van der Waals surface area contributed by atoms with Crippen molar-refractivity contribution in [3.05, 3.63) is 0 Å². The highest BCUT2D eigenvalue weighted by atomic mass is 32.2. The molecule has 0 saturated carbocycles. The Bertz CT molecular complexity index is 327. The molecule has 6 nitrogen and oxygen atoms in total. The van der Waals surface area contributed by atoms with E-state index in [4.69, 9.17) is 9.84 Å². The molecule has 1 fully saturated rings. The van der Waals surface area contributed by atoms with Crippen molar-refractivity contribution in [3.8, 4) is 0 Å². The fourth-order valence-corrected chi connectivity index (χ4v) is 2.80. The van der Waals surface area contributed by atoms with Crippen LogP contribution in [0.5, 0.6) is 0 Å². The van der Waals surface area contributed by atoms with Crippen LogP contribution < -0.4 is 10.6 Å². The number of hydrogen-bond donors (Lipinski definition) is 3. The summed E-state index contributed by atoms with van der Waals surface area (Å²) in [6.07, 6.45) is 1.18. The van der Waals surface area contributed by atoms with Gasteiger partial charge in [-0.2, -0.15) is 11.8 Å². The van der Waals surface area contributed by atoms with E-state index in [9.17, 15) is 9.59 Å². The molecule has 0 bridgehead atoms. The Labute approximate surface area is 124 Å². The molecule has 0 aromatic rings. The van der Waals surface area contributed by atoms with Gasteiger partial charge in [0, 0.05) is 12.6 Å². The second-order valence-corrected chi connectivity index (χ2v) is 6.30. The predicted molar refractivity (Wildman–Crippen MR) is 79.1 cm³/mol. The number of ether oxygens (including phenoxy) is 1. The van der Waals surface area contributed by atoms with Crippen LogP contribution in [-0.4, -0.2) is 53.4 Å². The van der Waals surface area contributed by atoms with Gasteiger partial charge in [0.1, 0.15) is 0 Å². The Kier molecular flexibility index (Phi) is 7.76. The summed E-state index contributed by atoms with van der Waals surface area (Å²) in [5.41, 5.74) is 0. The maximum absolute atomic E-state index is 11.7. The van der Waals surface area contributed by atoms with E-state index in [1.54, 1.807) is 0 Å². The molecule has 0 aliphatic carbocycles. The first kappa shape index (κ1) is 17.1. The molecule has 1 rings (SSSR count). The van der Waals surface area contributed by atoms with Gasteiger partial charge in [-0.05, 0) is 37.7 Å². The number of carbonyl (C=O) groups excluding carboxylic acids is 1. The first-order valence-electron chi connectivity index (χ1n) is 7.03. The Morgan fingerprint density at radius 1 is 1.45 bits per heavy atom. The zero-order valence-electron chi connectivity index (χ0n) is 12.1. The van der Waals surface area contributed by atoms with Gasteiger partial charge in [0.15, 0.2) is 6.10 Å². The summed E-state index contributed by atoms with van der Waals surface area (Å²) < 4.78 is 5.31. The van der Waals surface area contributed by atoms with Crippen LogP contribution in [-0.2, 0) is 9.53 Å². The minimum atomic E-state index is -0.931. The third kappa shape index (κ3) is 6.47. The van der Waals surface area contributed by atoms with E-state index < -0.39 is 12.1 Å². The summed E-state index contributed by atoms with van der Waals surface area (Å²) in [5, 5.41) is 14.4. The number of hydrogen-bond acceptors (Lipinski definition) is 4. The van der Waals surface area contributed by atoms with Gasteiger partial charge in [0.05, 0.1) is 6.10 Å². The van der Waals surface area contributed by atoms with Crippen LogP contribution in [0.25, 0.3) is 0 Å². The lowest BCUT2D eigenvalue weighted by molar-refractivity contribution is -0.149. The van der Waals surface area contributed by atoms with Crippen LogP contribution in [0, 0.1) is 0 Å². The standard InChI is InChI=1S/C13H24N2O4S/c1-3-20-7-6-9(2)15-13(18)14-8-10-4-5-11(19-10)12(16)17/h9-11H,3-8H2,1-2H3,(H,16,17)(H2,14,15,18). The summed E-state index contributed by atoms with van der Waals surface area (Å²) in [7, 11) is 0. The topological polar surface area (TPSA) is 87.7 Å². The summed E-state index contributed by atoms with van der Waals surface area (Å²) >= 11 is 1.85. The van der Waals surface area contributed by atoms with E-state index in [1.807, 2.05) is 18.7 Å². The lowest BCUT2D eigenvalue weighted by Gasteiger charge is -2.16. The molecule has 0 spiro atoms. The number of nitrogens with one attached hydrogen (secondary N) is 2. The van der Waals surface area contributed by atoms with E-state index in [2.05, 4.69) is 17.6 Å². The molecule has 1 aliphatic rings. The van der Waals surface area contributed by atoms with Crippen molar-refractivity contribution < 1.29 is 19.4 Å². The molecule has 116 valence electrons. The van der Waals surface area contributed by atoms with Crippen LogP contribution in [0.2, 0.25) is 0 Å². The molecule has 3 unspecified atom stereocenters. The van der Waals surface area contributed by atoms with Gasteiger partial charge >= 0.3 is 12.0 Å². The number of thioether (sulfide) groups is 1. The fourth-order valence-electron chi connectivity index (χ4n) is 2.00. The SMILES string of the molecule is CCSCCC(C)NC(=O)NCC1CCC(C(=O)O)O1. The molecule has 0 aromatic heterocycles. The van der Waals surface area contributed by atoms with E-state index in [-0.39, 0.29) is 18.2 Å². The maximum Gasteiger partial charge on any atom is 0.332 e. The molecule has 0 aromatic carbocycles. The first-order valence-corrected chi connectivity index (χ1v) is 8.18. The van der Waals surface area contributed by atoms with Crippen LogP contribution >= 0.6 is 11.8 Å². The molecular weight excluding hydrogens is 280 g/mol. The third-order valence-electron chi connectivity index (χ3n) is 3.15. The summed E-state index contributed by atoms with van der Waals surface area (Å²) in [6.45, 7) is 4.44. The normalized spacial score (nSPS) is 23.3. The largest absolute Gasteiger partial charge is 0.479 e. The van der Waals surface area contributed by atoms with Crippen molar-refractivity contribution in [1.82, 2.24) is 10.6 Å². The maximum atomic E-state index is 11.7. The second kappa shape index (κ2) is 9.07. The zero-order valence-corrected chi connectivity index (χ0v) is 12.9. The van der Waals surface area contributed by atoms with Gasteiger partial charge in [0.2, 0.25) is 0 Å². The number of carboxylic acids is 1. The van der Waals surface area contributed by atoms with Gasteiger partial charge in [-0.1, -0.05) is 6.92 Å². The molecule has 2 amide bonds.